The fourth-order valence-corrected chi connectivity index (χ4v) is 4.70. The molecule has 3 unspecified atom stereocenters. The van der Waals surface area contributed by atoms with Crippen LogP contribution in [0.4, 0.5) is 10.5 Å². The van der Waals surface area contributed by atoms with Crippen LogP contribution in [0.1, 0.15) is 19.8 Å². The maximum absolute atomic E-state index is 13.1. The van der Waals surface area contributed by atoms with E-state index in [1.165, 1.54) is 4.90 Å². The molecule has 3 fully saturated rings. The number of likely N-dealkylation sites (N-methyl/N-ethyl adjacent to an activating group) is 1. The number of nitrogens with one attached hydrogen (secondary N) is 1. The third-order valence-electron chi connectivity index (χ3n) is 5.78. The second-order valence-electron chi connectivity index (χ2n) is 7.42. The molecule has 0 radical (unpaired) electrons. The second kappa shape index (κ2) is 7.42. The molecule has 0 aliphatic carbocycles. The van der Waals surface area contributed by atoms with Crippen molar-refractivity contribution in [3.8, 4) is 5.75 Å². The highest BCUT2D eigenvalue weighted by Crippen LogP contribution is 2.35. The van der Waals surface area contributed by atoms with Crippen LogP contribution in [0.5, 0.6) is 5.75 Å². The van der Waals surface area contributed by atoms with Crippen molar-refractivity contribution >= 4 is 29.2 Å². The molecule has 0 saturated carbocycles. The molecule has 3 aliphatic heterocycles. The number of carbonyl (C=O) groups is 2. The highest BCUT2D eigenvalue weighted by atomic mass is 35.5. The maximum atomic E-state index is 13.1. The van der Waals surface area contributed by atoms with Crippen molar-refractivity contribution in [1.29, 1.82) is 0 Å². The summed E-state index contributed by atoms with van der Waals surface area (Å²) in [5, 5.41) is 4.05. The lowest BCUT2D eigenvalue weighted by Crippen LogP contribution is -2.66. The van der Waals surface area contributed by atoms with E-state index in [0.29, 0.717) is 17.3 Å². The smallest absolute Gasteiger partial charge is 0.327 e. The van der Waals surface area contributed by atoms with Gasteiger partial charge in [0.15, 0.2) is 0 Å². The first-order valence-electron chi connectivity index (χ1n) is 9.68. The zero-order valence-electron chi connectivity index (χ0n) is 16.4. The van der Waals surface area contributed by atoms with Gasteiger partial charge in [0, 0.05) is 32.4 Å². The van der Waals surface area contributed by atoms with Gasteiger partial charge >= 0.3 is 6.03 Å². The number of hydrogen-bond donors (Lipinski definition) is 1. The van der Waals surface area contributed by atoms with Crippen LogP contribution in [0.3, 0.4) is 0 Å². The number of methoxy groups -OCH3 is 1. The predicted molar refractivity (Wildman–Crippen MR) is 106 cm³/mol. The largest absolute Gasteiger partial charge is 0.495 e. The van der Waals surface area contributed by atoms with E-state index in [9.17, 15) is 9.59 Å². The lowest BCUT2D eigenvalue weighted by Gasteiger charge is -2.43. The Morgan fingerprint density at radius 2 is 2.07 bits per heavy atom. The van der Waals surface area contributed by atoms with E-state index in [1.54, 1.807) is 19.1 Å². The lowest BCUT2D eigenvalue weighted by molar-refractivity contribution is -0.138. The number of anilines is 1. The van der Waals surface area contributed by atoms with Crippen molar-refractivity contribution in [1.82, 2.24) is 20.0 Å². The van der Waals surface area contributed by atoms with E-state index in [0.717, 1.165) is 31.6 Å². The summed E-state index contributed by atoms with van der Waals surface area (Å²) in [5.41, 5.74) is 0.957. The van der Waals surface area contributed by atoms with Crippen molar-refractivity contribution in [3.05, 3.63) is 23.2 Å². The monoisotopic (exact) mass is 407 g/mol. The molecule has 1 aromatic rings. The Bertz CT molecular complexity index is 791. The highest BCUT2D eigenvalue weighted by molar-refractivity contribution is 6.32. The van der Waals surface area contributed by atoms with Crippen LogP contribution < -0.4 is 15.0 Å². The van der Waals surface area contributed by atoms with Crippen LogP contribution in [0.25, 0.3) is 0 Å². The van der Waals surface area contributed by atoms with E-state index in [-0.39, 0.29) is 30.4 Å². The number of carbonyl (C=O) groups excluding carboxylic acids is 2. The molecular weight excluding hydrogens is 382 g/mol. The van der Waals surface area contributed by atoms with Gasteiger partial charge in [0.05, 0.1) is 12.1 Å². The molecule has 3 heterocycles. The van der Waals surface area contributed by atoms with Crippen molar-refractivity contribution in [2.24, 2.45) is 0 Å². The number of benzene rings is 1. The Hall–Kier alpha value is -2.03. The van der Waals surface area contributed by atoms with Crippen LogP contribution >= 0.6 is 11.6 Å². The molecular formula is C19H26ClN5O3. The van der Waals surface area contributed by atoms with Crippen LogP contribution in [0.2, 0.25) is 5.02 Å². The zero-order chi connectivity index (χ0) is 20.0. The number of rotatable bonds is 4. The van der Waals surface area contributed by atoms with E-state index in [4.69, 9.17) is 16.3 Å². The minimum atomic E-state index is -0.379. The van der Waals surface area contributed by atoms with Crippen LogP contribution in [0, 0.1) is 0 Å². The minimum Gasteiger partial charge on any atom is -0.495 e. The van der Waals surface area contributed by atoms with Gasteiger partial charge in [0.1, 0.15) is 24.2 Å². The Labute approximate surface area is 169 Å². The van der Waals surface area contributed by atoms with Crippen molar-refractivity contribution < 1.29 is 14.3 Å². The molecule has 1 aromatic carbocycles. The van der Waals surface area contributed by atoms with Gasteiger partial charge in [-0.3, -0.25) is 19.9 Å². The molecule has 3 amide bonds. The fourth-order valence-electron chi connectivity index (χ4n) is 4.45. The van der Waals surface area contributed by atoms with Crippen LogP contribution in [-0.4, -0.2) is 78.9 Å². The molecule has 3 saturated heterocycles. The van der Waals surface area contributed by atoms with E-state index >= 15 is 0 Å². The van der Waals surface area contributed by atoms with Crippen molar-refractivity contribution in [2.45, 2.75) is 38.3 Å². The number of amides is 3. The molecule has 3 aliphatic rings. The first-order chi connectivity index (χ1) is 13.5. The predicted octanol–water partition coefficient (Wildman–Crippen LogP) is 1.75. The lowest BCUT2D eigenvalue weighted by atomic mass is 10.1. The summed E-state index contributed by atoms with van der Waals surface area (Å²) in [4.78, 5) is 33.2. The molecule has 8 nitrogen and oxygen atoms in total. The summed E-state index contributed by atoms with van der Waals surface area (Å²) in [7, 11) is 3.35. The average Bonchev–Trinajstić information content (AvgIpc) is 3.09. The summed E-state index contributed by atoms with van der Waals surface area (Å²) in [6.07, 6.45) is 1.15. The van der Waals surface area contributed by atoms with E-state index in [1.807, 2.05) is 25.1 Å². The summed E-state index contributed by atoms with van der Waals surface area (Å²) >= 11 is 6.33. The van der Waals surface area contributed by atoms with Crippen molar-refractivity contribution in [2.75, 3.05) is 38.7 Å². The topological polar surface area (TPSA) is 68.4 Å². The third kappa shape index (κ3) is 2.91. The number of urea groups is 1. The van der Waals surface area contributed by atoms with Gasteiger partial charge in [-0.25, -0.2) is 4.79 Å². The summed E-state index contributed by atoms with van der Waals surface area (Å²) in [6.45, 7) is 4.05. The zero-order valence-corrected chi connectivity index (χ0v) is 17.1. The van der Waals surface area contributed by atoms with Crippen LogP contribution in [0.15, 0.2) is 18.2 Å². The Kier molecular flexibility index (Phi) is 5.11. The van der Waals surface area contributed by atoms with Gasteiger partial charge in [0.2, 0.25) is 0 Å². The molecule has 0 aromatic heterocycles. The Morgan fingerprint density at radius 1 is 1.29 bits per heavy atom. The molecule has 0 bridgehead atoms. The highest BCUT2D eigenvalue weighted by Gasteiger charge is 2.55. The molecule has 152 valence electrons. The molecule has 9 heteroatoms. The first kappa shape index (κ1) is 19.3. The number of hydrogen-bond acceptors (Lipinski definition) is 6. The molecule has 28 heavy (non-hydrogen) atoms. The fraction of sp³-hybridized carbons (Fsp3) is 0.579. The Balaban J connectivity index is 1.64. The van der Waals surface area contributed by atoms with Gasteiger partial charge in [-0.15, -0.1) is 0 Å². The van der Waals surface area contributed by atoms with Gasteiger partial charge in [-0.05, 0) is 31.0 Å². The minimum absolute atomic E-state index is 0.112. The number of nitrogens with zero attached hydrogens (tertiary/aromatic N) is 4. The van der Waals surface area contributed by atoms with Crippen LogP contribution in [-0.2, 0) is 4.79 Å². The second-order valence-corrected chi connectivity index (χ2v) is 7.82. The van der Waals surface area contributed by atoms with E-state index < -0.39 is 0 Å². The SMILES string of the molecule is CCCN1C(=O)C2C(NC3N(c4ccc(OC)c(Cl)c4)CCCN23)N(C)C1=O. The summed E-state index contributed by atoms with van der Waals surface area (Å²) in [6, 6.07) is 5.09. The number of fused-ring (bicyclic) bond motifs is 3. The van der Waals surface area contributed by atoms with Gasteiger partial charge < -0.3 is 14.5 Å². The standard InChI is InChI=1S/C19H26ClN5O3/c1-4-8-25-17(26)15-16(22(2)19(25)27)21-18-23(9-5-10-24(15)18)12-6-7-14(28-3)13(20)11-12/h6-7,11,15-16,18,21H,4-5,8-10H2,1-3H3. The average molecular weight is 408 g/mol. The maximum Gasteiger partial charge on any atom is 0.327 e. The quantitative estimate of drug-likeness (QED) is 0.820. The number of ether oxygens (including phenoxy) is 1. The molecule has 4 rings (SSSR count). The summed E-state index contributed by atoms with van der Waals surface area (Å²) in [5.74, 6) is 0.516. The molecule has 3 atom stereocenters. The Morgan fingerprint density at radius 3 is 2.75 bits per heavy atom. The van der Waals surface area contributed by atoms with Gasteiger partial charge in [0.25, 0.3) is 5.91 Å². The van der Waals surface area contributed by atoms with Gasteiger partial charge in [-0.2, -0.15) is 0 Å². The molecule has 0 spiro atoms. The van der Waals surface area contributed by atoms with Crippen molar-refractivity contribution in [3.63, 3.8) is 0 Å². The number of halogens is 1. The number of imide groups is 1. The van der Waals surface area contributed by atoms with Gasteiger partial charge in [-0.1, -0.05) is 18.5 Å². The summed E-state index contributed by atoms with van der Waals surface area (Å²) < 4.78 is 5.25. The normalized spacial score (nSPS) is 27.9. The third-order valence-corrected chi connectivity index (χ3v) is 6.08. The molecule has 1 N–H and O–H groups in total. The van der Waals surface area contributed by atoms with E-state index in [2.05, 4.69) is 15.1 Å². The first-order valence-corrected chi connectivity index (χ1v) is 10.1.